The summed E-state index contributed by atoms with van der Waals surface area (Å²) in [4.78, 5) is 80.9. The van der Waals surface area contributed by atoms with Crippen molar-refractivity contribution in [1.29, 1.82) is 0 Å². The van der Waals surface area contributed by atoms with Gasteiger partial charge in [-0.1, -0.05) is 29.8 Å². The molecule has 2 aliphatic heterocycles. The number of imide groups is 2. The maximum Gasteiger partial charge on any atom is 0.339 e. The Morgan fingerprint density at radius 2 is 1.23 bits per heavy atom. The number of hydrogen-bond acceptors (Lipinski definition) is 9. The number of carboxylic acids is 2. The van der Waals surface area contributed by atoms with Gasteiger partial charge in [0.15, 0.2) is 0 Å². The molecule has 2 heterocycles. The van der Waals surface area contributed by atoms with Crippen molar-refractivity contribution < 1.29 is 54.3 Å². The average Bonchev–Trinajstić information content (AvgIpc) is 3.44. The van der Waals surface area contributed by atoms with Gasteiger partial charge in [-0.2, -0.15) is 0 Å². The maximum absolute atomic E-state index is 14.2. The maximum atomic E-state index is 14.2. The first-order chi connectivity index (χ1) is 22.8. The van der Waals surface area contributed by atoms with Crippen LogP contribution in [0.5, 0.6) is 17.2 Å². The number of rotatable bonds is 5. The molecule has 48 heavy (non-hydrogen) atoms. The Bertz CT molecular complexity index is 2030. The Morgan fingerprint density at radius 3 is 1.77 bits per heavy atom. The second-order valence-electron chi connectivity index (χ2n) is 12.6. The molecular formula is C35H28N2O11. The van der Waals surface area contributed by atoms with E-state index in [2.05, 4.69) is 0 Å². The lowest BCUT2D eigenvalue weighted by molar-refractivity contribution is -0.126. The molecule has 244 valence electrons. The van der Waals surface area contributed by atoms with Crippen molar-refractivity contribution in [2.75, 3.05) is 9.80 Å². The minimum atomic E-state index is -1.40. The van der Waals surface area contributed by atoms with Crippen LogP contribution in [0.1, 0.15) is 50.6 Å². The van der Waals surface area contributed by atoms with Crippen LogP contribution in [0.25, 0.3) is 0 Å². The van der Waals surface area contributed by atoms with Crippen LogP contribution in [0.15, 0.2) is 66.2 Å². The van der Waals surface area contributed by atoms with E-state index in [0.29, 0.717) is 16.7 Å². The fourth-order valence-electron chi connectivity index (χ4n) is 8.06. The molecule has 0 aromatic heterocycles. The number of anilines is 2. The third-order valence-electron chi connectivity index (χ3n) is 10.2. The Labute approximate surface area is 271 Å². The van der Waals surface area contributed by atoms with E-state index in [1.54, 1.807) is 31.2 Å². The standard InChI is InChI=1S/C35H28N2O11/c1-14-3-2-4-20(29(14)40)26-17-9-10-21-27(32(43)36(30(21)41)15-5-7-18(34(45)46)24(38)11-15)22(17)13-23-28(26)33(44)37(31(23)42)16-6-8-19(35(47)48)25(39)12-16/h2-9,11-12,21-23,26-28,38-40H,10,13H2,1H3,(H,45,46)(H,47,48). The molecule has 7 rings (SSSR count). The number of benzene rings is 3. The topological polar surface area (TPSA) is 210 Å². The van der Waals surface area contributed by atoms with E-state index in [-0.39, 0.29) is 30.0 Å². The van der Waals surface area contributed by atoms with Crippen LogP contribution in [0.4, 0.5) is 11.4 Å². The third kappa shape index (κ3) is 4.30. The summed E-state index contributed by atoms with van der Waals surface area (Å²) in [6, 6.07) is 11.8. The zero-order chi connectivity index (χ0) is 34.3. The summed E-state index contributed by atoms with van der Waals surface area (Å²) in [5.41, 5.74) is 0.649. The number of fused-ring (bicyclic) bond motifs is 4. The molecule has 5 N–H and O–H groups in total. The molecule has 13 nitrogen and oxygen atoms in total. The lowest BCUT2D eigenvalue weighted by atomic mass is 9.57. The second-order valence-corrected chi connectivity index (χ2v) is 12.6. The summed E-state index contributed by atoms with van der Waals surface area (Å²) in [6.07, 6.45) is 1.92. The minimum Gasteiger partial charge on any atom is -0.507 e. The number of aromatic carboxylic acids is 2. The summed E-state index contributed by atoms with van der Waals surface area (Å²) in [5, 5.41) is 50.6. The molecular weight excluding hydrogens is 624 g/mol. The van der Waals surface area contributed by atoms with Gasteiger partial charge >= 0.3 is 11.9 Å². The van der Waals surface area contributed by atoms with E-state index in [1.165, 1.54) is 12.1 Å². The molecule has 6 atom stereocenters. The van der Waals surface area contributed by atoms with Crippen molar-refractivity contribution in [3.8, 4) is 17.2 Å². The SMILES string of the molecule is Cc1cccc(C2C3=CCC4C(=O)N(c5ccc(C(=O)O)c(O)c5)C(=O)C4C3CC3C(=O)N(c4ccc(C(=O)O)c(O)c4)C(=O)C32)c1O. The Balaban J connectivity index is 1.32. The Hall–Kier alpha value is -5.98. The number of nitrogens with zero attached hydrogens (tertiary/aromatic N) is 2. The molecule has 4 amide bonds. The lowest BCUT2D eigenvalue weighted by Gasteiger charge is -2.44. The van der Waals surface area contributed by atoms with Gasteiger partial charge in [-0.05, 0) is 55.5 Å². The summed E-state index contributed by atoms with van der Waals surface area (Å²) in [7, 11) is 0. The fraction of sp³-hybridized carbons (Fsp3) is 0.257. The first-order valence-electron chi connectivity index (χ1n) is 15.2. The molecule has 0 bridgehead atoms. The van der Waals surface area contributed by atoms with Gasteiger partial charge < -0.3 is 25.5 Å². The van der Waals surface area contributed by atoms with Crippen LogP contribution >= 0.6 is 0 Å². The molecule has 3 aromatic carbocycles. The van der Waals surface area contributed by atoms with Crippen LogP contribution in [0.2, 0.25) is 0 Å². The third-order valence-corrected chi connectivity index (χ3v) is 10.2. The summed E-state index contributed by atoms with van der Waals surface area (Å²) >= 11 is 0. The lowest BCUT2D eigenvalue weighted by Crippen LogP contribution is -2.43. The highest BCUT2D eigenvalue weighted by Gasteiger charge is 2.62. The first-order valence-corrected chi connectivity index (χ1v) is 15.2. The van der Waals surface area contributed by atoms with Crippen molar-refractivity contribution in [3.05, 3.63) is 88.5 Å². The van der Waals surface area contributed by atoms with E-state index < -0.39 is 93.7 Å². The van der Waals surface area contributed by atoms with Crippen LogP contribution in [-0.2, 0) is 19.2 Å². The van der Waals surface area contributed by atoms with Gasteiger partial charge in [0.25, 0.3) is 0 Å². The van der Waals surface area contributed by atoms with Gasteiger partial charge in [-0.25, -0.2) is 19.4 Å². The van der Waals surface area contributed by atoms with Gasteiger partial charge in [-0.15, -0.1) is 0 Å². The van der Waals surface area contributed by atoms with Crippen LogP contribution < -0.4 is 9.80 Å². The van der Waals surface area contributed by atoms with Crippen LogP contribution in [0, 0.1) is 36.5 Å². The van der Waals surface area contributed by atoms with Gasteiger partial charge in [-0.3, -0.25) is 19.2 Å². The van der Waals surface area contributed by atoms with E-state index in [9.17, 15) is 54.3 Å². The number of carbonyl (C=O) groups is 6. The zero-order valence-electron chi connectivity index (χ0n) is 25.2. The van der Waals surface area contributed by atoms with Gasteiger partial charge in [0.05, 0.1) is 35.0 Å². The number of carbonyl (C=O) groups excluding carboxylic acids is 4. The monoisotopic (exact) mass is 652 g/mol. The van der Waals surface area contributed by atoms with E-state index in [0.717, 1.165) is 34.1 Å². The van der Waals surface area contributed by atoms with Crippen molar-refractivity contribution in [1.82, 2.24) is 0 Å². The van der Waals surface area contributed by atoms with E-state index in [4.69, 9.17) is 0 Å². The molecule has 2 aliphatic carbocycles. The quantitative estimate of drug-likeness (QED) is 0.199. The Kier molecular flexibility index (Phi) is 6.89. The zero-order valence-corrected chi connectivity index (χ0v) is 25.2. The van der Waals surface area contributed by atoms with Gasteiger partial charge in [0, 0.05) is 23.6 Å². The molecule has 4 aliphatic rings. The fourth-order valence-corrected chi connectivity index (χ4v) is 8.06. The highest BCUT2D eigenvalue weighted by Crippen LogP contribution is 2.59. The highest BCUT2D eigenvalue weighted by molar-refractivity contribution is 6.24. The largest absolute Gasteiger partial charge is 0.507 e. The van der Waals surface area contributed by atoms with Crippen LogP contribution in [0.3, 0.4) is 0 Å². The normalized spacial score (nSPS) is 26.2. The number of phenolic OH excluding ortho intramolecular Hbond substituents is 1. The average molecular weight is 653 g/mol. The van der Waals surface area contributed by atoms with Crippen LogP contribution in [-0.4, -0.2) is 61.1 Å². The molecule has 0 spiro atoms. The Morgan fingerprint density at radius 1 is 0.688 bits per heavy atom. The van der Waals surface area contributed by atoms with Gasteiger partial charge in [0.1, 0.15) is 28.4 Å². The van der Waals surface area contributed by atoms with Crippen molar-refractivity contribution in [2.24, 2.45) is 29.6 Å². The van der Waals surface area contributed by atoms with E-state index in [1.807, 2.05) is 0 Å². The first kappa shape index (κ1) is 30.7. The number of carboxylic acid groups (broad SMARTS) is 2. The number of aromatic hydroxyl groups is 3. The molecule has 2 saturated heterocycles. The predicted octanol–water partition coefficient (Wildman–Crippen LogP) is 3.55. The number of amides is 4. The smallest absolute Gasteiger partial charge is 0.339 e. The minimum absolute atomic E-state index is 0.00655. The number of para-hydroxylation sites is 1. The van der Waals surface area contributed by atoms with Crippen molar-refractivity contribution >= 4 is 46.9 Å². The molecule has 1 saturated carbocycles. The summed E-state index contributed by atoms with van der Waals surface area (Å²) in [6.45, 7) is 1.69. The predicted molar refractivity (Wildman–Crippen MR) is 165 cm³/mol. The molecule has 3 fully saturated rings. The molecule has 0 radical (unpaired) electrons. The van der Waals surface area contributed by atoms with Crippen molar-refractivity contribution in [3.63, 3.8) is 0 Å². The molecule has 13 heteroatoms. The van der Waals surface area contributed by atoms with Gasteiger partial charge in [0.2, 0.25) is 23.6 Å². The van der Waals surface area contributed by atoms with Crippen molar-refractivity contribution in [2.45, 2.75) is 25.7 Å². The molecule has 3 aromatic rings. The molecule has 6 unspecified atom stereocenters. The van der Waals surface area contributed by atoms with E-state index >= 15 is 0 Å². The number of allylic oxidation sites excluding steroid dienone is 2. The second kappa shape index (κ2) is 10.8. The number of aryl methyl sites for hydroxylation is 1. The summed E-state index contributed by atoms with van der Waals surface area (Å²) in [5.74, 6) is -11.9. The number of hydrogen-bond donors (Lipinski definition) is 5. The summed E-state index contributed by atoms with van der Waals surface area (Å²) < 4.78 is 0. The highest BCUT2D eigenvalue weighted by atomic mass is 16.4. The number of phenols is 3.